The standard InChI is InChI=1S/C25H34N2O5S/c1-3-8-22(23(28)18-33-17-21-11-7-14-31-21)27-24(29)13-12-19(2)15-26-25(30)16-32-20-9-5-4-6-10-20/h4-7,9-11,14,19,22H,3,8,12-13,15-18H2,1-2H3,(H,26,30)(H,27,29)/t19-,22-/m0/s1. The smallest absolute Gasteiger partial charge is 0.257 e. The zero-order valence-corrected chi connectivity index (χ0v) is 20.2. The summed E-state index contributed by atoms with van der Waals surface area (Å²) >= 11 is 1.49. The largest absolute Gasteiger partial charge is 0.484 e. The fourth-order valence-corrected chi connectivity index (χ4v) is 3.97. The summed E-state index contributed by atoms with van der Waals surface area (Å²) in [6, 6.07) is 12.4. The molecule has 2 atom stereocenters. The van der Waals surface area contributed by atoms with Gasteiger partial charge in [0.05, 0.1) is 23.8 Å². The molecule has 0 fully saturated rings. The van der Waals surface area contributed by atoms with Crippen molar-refractivity contribution in [1.82, 2.24) is 10.6 Å². The lowest BCUT2D eigenvalue weighted by Crippen LogP contribution is -2.42. The second-order valence-corrected chi connectivity index (χ2v) is 8.98. The van der Waals surface area contributed by atoms with E-state index in [1.54, 1.807) is 18.4 Å². The number of carbonyl (C=O) groups is 3. The molecule has 0 spiro atoms. The fraction of sp³-hybridized carbons (Fsp3) is 0.480. The summed E-state index contributed by atoms with van der Waals surface area (Å²) < 4.78 is 10.7. The van der Waals surface area contributed by atoms with Gasteiger partial charge in [0.2, 0.25) is 5.91 Å². The number of ketones is 1. The van der Waals surface area contributed by atoms with E-state index in [2.05, 4.69) is 10.6 Å². The third-order valence-electron chi connectivity index (χ3n) is 4.99. The molecule has 0 aliphatic carbocycles. The van der Waals surface area contributed by atoms with Gasteiger partial charge in [0.1, 0.15) is 11.5 Å². The molecule has 0 unspecified atom stereocenters. The monoisotopic (exact) mass is 474 g/mol. The van der Waals surface area contributed by atoms with E-state index < -0.39 is 6.04 Å². The lowest BCUT2D eigenvalue weighted by atomic mass is 10.0. The van der Waals surface area contributed by atoms with Crippen LogP contribution >= 0.6 is 11.8 Å². The zero-order valence-electron chi connectivity index (χ0n) is 19.4. The van der Waals surface area contributed by atoms with Crippen LogP contribution in [0.1, 0.15) is 45.3 Å². The number of ether oxygens (including phenoxy) is 1. The molecule has 0 aliphatic heterocycles. The third-order valence-corrected chi connectivity index (χ3v) is 5.97. The number of amides is 2. The van der Waals surface area contributed by atoms with Crippen molar-refractivity contribution in [3.05, 3.63) is 54.5 Å². The van der Waals surface area contributed by atoms with Gasteiger partial charge >= 0.3 is 0 Å². The molecular formula is C25H34N2O5S. The van der Waals surface area contributed by atoms with Gasteiger partial charge in [-0.05, 0) is 43.0 Å². The first-order valence-corrected chi connectivity index (χ1v) is 12.5. The minimum atomic E-state index is -0.461. The van der Waals surface area contributed by atoms with Gasteiger partial charge in [-0.3, -0.25) is 14.4 Å². The SMILES string of the molecule is CCC[C@H](NC(=O)CC[C@H](C)CNC(=O)COc1ccccc1)C(=O)CSCc1ccco1. The van der Waals surface area contributed by atoms with Gasteiger partial charge in [-0.15, -0.1) is 11.8 Å². The molecule has 0 aliphatic rings. The molecule has 180 valence electrons. The Hall–Kier alpha value is -2.74. The first-order valence-electron chi connectivity index (χ1n) is 11.3. The Morgan fingerprint density at radius 1 is 1.06 bits per heavy atom. The Morgan fingerprint density at radius 3 is 2.55 bits per heavy atom. The molecule has 0 saturated heterocycles. The number of benzene rings is 1. The van der Waals surface area contributed by atoms with Crippen molar-refractivity contribution in [1.29, 1.82) is 0 Å². The topological polar surface area (TPSA) is 97.6 Å². The average molecular weight is 475 g/mol. The van der Waals surface area contributed by atoms with Crippen LogP contribution < -0.4 is 15.4 Å². The van der Waals surface area contributed by atoms with Crippen molar-refractivity contribution in [2.75, 3.05) is 18.9 Å². The number of rotatable bonds is 16. The Labute approximate surface area is 200 Å². The zero-order chi connectivity index (χ0) is 23.9. The normalized spacial score (nSPS) is 12.5. The minimum absolute atomic E-state index is 0.0282. The Bertz CT molecular complexity index is 842. The van der Waals surface area contributed by atoms with Crippen molar-refractivity contribution in [3.63, 3.8) is 0 Å². The van der Waals surface area contributed by atoms with Crippen LogP contribution in [0, 0.1) is 5.92 Å². The van der Waals surface area contributed by atoms with Crippen LogP contribution in [0.3, 0.4) is 0 Å². The van der Waals surface area contributed by atoms with Crippen molar-refractivity contribution >= 4 is 29.4 Å². The Kier molecular flexibility index (Phi) is 12.2. The summed E-state index contributed by atoms with van der Waals surface area (Å²) in [5.74, 6) is 2.26. The van der Waals surface area contributed by atoms with Crippen molar-refractivity contribution in [2.24, 2.45) is 5.92 Å². The molecule has 0 bridgehead atoms. The maximum atomic E-state index is 12.6. The molecular weight excluding hydrogens is 440 g/mol. The summed E-state index contributed by atoms with van der Waals surface area (Å²) in [5.41, 5.74) is 0. The number of thioether (sulfide) groups is 1. The summed E-state index contributed by atoms with van der Waals surface area (Å²) in [6.45, 7) is 4.39. The van der Waals surface area contributed by atoms with E-state index in [9.17, 15) is 14.4 Å². The number of carbonyl (C=O) groups excluding carboxylic acids is 3. The predicted molar refractivity (Wildman–Crippen MR) is 130 cm³/mol. The number of nitrogens with one attached hydrogen (secondary N) is 2. The molecule has 2 N–H and O–H groups in total. The summed E-state index contributed by atoms with van der Waals surface area (Å²) in [5, 5.41) is 5.72. The van der Waals surface area contributed by atoms with Gasteiger partial charge in [0.25, 0.3) is 5.91 Å². The van der Waals surface area contributed by atoms with E-state index in [1.807, 2.05) is 44.2 Å². The highest BCUT2D eigenvalue weighted by atomic mass is 32.2. The van der Waals surface area contributed by atoms with Crippen molar-refractivity contribution < 1.29 is 23.5 Å². The third kappa shape index (κ3) is 11.1. The molecule has 2 aromatic rings. The molecule has 7 nitrogen and oxygen atoms in total. The van der Waals surface area contributed by atoms with E-state index in [1.165, 1.54) is 11.8 Å². The average Bonchev–Trinajstić information content (AvgIpc) is 3.34. The highest BCUT2D eigenvalue weighted by Gasteiger charge is 2.20. The lowest BCUT2D eigenvalue weighted by Gasteiger charge is -2.18. The van der Waals surface area contributed by atoms with Crippen LogP contribution in [-0.4, -0.2) is 42.5 Å². The second-order valence-electron chi connectivity index (χ2n) is 8.00. The van der Waals surface area contributed by atoms with Crippen molar-refractivity contribution in [2.45, 2.75) is 51.3 Å². The highest BCUT2D eigenvalue weighted by molar-refractivity contribution is 7.99. The predicted octanol–water partition coefficient (Wildman–Crippen LogP) is 3.98. The van der Waals surface area contributed by atoms with Crippen LogP contribution in [0.5, 0.6) is 5.75 Å². The summed E-state index contributed by atoms with van der Waals surface area (Å²) in [7, 11) is 0. The fourth-order valence-electron chi connectivity index (χ4n) is 3.10. The van der Waals surface area contributed by atoms with E-state index in [0.29, 0.717) is 43.1 Å². The number of Topliss-reactive ketones (excluding diaryl/α,β-unsaturated/α-hetero) is 1. The molecule has 33 heavy (non-hydrogen) atoms. The van der Waals surface area contributed by atoms with Gasteiger partial charge in [0, 0.05) is 13.0 Å². The van der Waals surface area contributed by atoms with Crippen molar-refractivity contribution in [3.8, 4) is 5.75 Å². The van der Waals surface area contributed by atoms with E-state index in [4.69, 9.17) is 9.15 Å². The first kappa shape index (κ1) is 26.5. The molecule has 0 saturated carbocycles. The Morgan fingerprint density at radius 2 is 1.85 bits per heavy atom. The quantitative estimate of drug-likeness (QED) is 0.382. The summed E-state index contributed by atoms with van der Waals surface area (Å²) in [6.07, 6.45) is 3.98. The summed E-state index contributed by atoms with van der Waals surface area (Å²) in [4.78, 5) is 36.9. The van der Waals surface area contributed by atoms with Crippen LogP contribution in [0.25, 0.3) is 0 Å². The molecule has 2 rings (SSSR count). The second kappa shape index (κ2) is 15.2. The van der Waals surface area contributed by atoms with E-state index in [0.717, 1.165) is 12.2 Å². The minimum Gasteiger partial charge on any atom is -0.484 e. The number of hydrogen-bond donors (Lipinski definition) is 2. The van der Waals surface area contributed by atoms with Gasteiger partial charge < -0.3 is 19.8 Å². The number of hydrogen-bond acceptors (Lipinski definition) is 6. The van der Waals surface area contributed by atoms with Gasteiger partial charge in [0.15, 0.2) is 12.4 Å². The van der Waals surface area contributed by atoms with Gasteiger partial charge in [-0.25, -0.2) is 0 Å². The molecule has 1 heterocycles. The maximum absolute atomic E-state index is 12.6. The van der Waals surface area contributed by atoms with Gasteiger partial charge in [-0.1, -0.05) is 38.5 Å². The first-order chi connectivity index (χ1) is 16.0. The maximum Gasteiger partial charge on any atom is 0.257 e. The molecule has 2 amide bonds. The van der Waals surface area contributed by atoms with Crippen LogP contribution in [-0.2, 0) is 20.1 Å². The Balaban J connectivity index is 1.62. The van der Waals surface area contributed by atoms with Crippen LogP contribution in [0.15, 0.2) is 53.1 Å². The molecule has 0 radical (unpaired) electrons. The molecule has 8 heteroatoms. The van der Waals surface area contributed by atoms with Crippen LogP contribution in [0.4, 0.5) is 0 Å². The number of para-hydroxylation sites is 1. The number of furan rings is 1. The molecule has 1 aromatic carbocycles. The molecule has 1 aromatic heterocycles. The van der Waals surface area contributed by atoms with Crippen LogP contribution in [0.2, 0.25) is 0 Å². The highest BCUT2D eigenvalue weighted by Crippen LogP contribution is 2.14. The lowest BCUT2D eigenvalue weighted by molar-refractivity contribution is -0.127. The van der Waals surface area contributed by atoms with Gasteiger partial charge in [-0.2, -0.15) is 0 Å². The van der Waals surface area contributed by atoms with E-state index in [-0.39, 0.29) is 30.1 Å². The van der Waals surface area contributed by atoms with E-state index >= 15 is 0 Å².